The number of fused-ring (bicyclic) bond motifs is 2. The standard InChI is InChI=1S/C27H25N3O3/c1-16-9-10-20(17-5-4-6-19(31)12-17)22(11-16)26(32)30-15-18-13-21(18)24(30)14-28-27-29-23-7-2-3-8-25(23)33-27/h2-12,18,21,24,31H,13-15H2,1H3,(H,28,29). The van der Waals surface area contributed by atoms with Gasteiger partial charge in [-0.15, -0.1) is 0 Å². The molecule has 3 atom stereocenters. The highest BCUT2D eigenvalue weighted by atomic mass is 16.4. The van der Waals surface area contributed by atoms with E-state index in [0.717, 1.165) is 40.8 Å². The number of aromatic nitrogens is 1. The van der Waals surface area contributed by atoms with Gasteiger partial charge in [0.25, 0.3) is 11.9 Å². The second kappa shape index (κ2) is 7.66. The van der Waals surface area contributed by atoms with E-state index >= 15 is 0 Å². The van der Waals surface area contributed by atoms with Crippen molar-refractivity contribution >= 4 is 23.0 Å². The number of carbonyl (C=O) groups excluding carboxylic acids is 1. The van der Waals surface area contributed by atoms with Crippen LogP contribution in [0.1, 0.15) is 22.3 Å². The van der Waals surface area contributed by atoms with E-state index in [4.69, 9.17) is 4.42 Å². The second-order valence-electron chi connectivity index (χ2n) is 9.15. The van der Waals surface area contributed by atoms with Gasteiger partial charge >= 0.3 is 0 Å². The quantitative estimate of drug-likeness (QED) is 0.453. The number of aryl methyl sites for hydroxylation is 1. The van der Waals surface area contributed by atoms with Crippen LogP contribution >= 0.6 is 0 Å². The summed E-state index contributed by atoms with van der Waals surface area (Å²) in [6.45, 7) is 3.38. The molecule has 2 N–H and O–H groups in total. The SMILES string of the molecule is Cc1ccc(-c2cccc(O)c2)c(C(=O)N2CC3CC3C2CNc2nc3ccccc3o2)c1. The maximum atomic E-state index is 13.8. The van der Waals surface area contributed by atoms with Gasteiger partial charge in [-0.3, -0.25) is 4.79 Å². The molecule has 1 amide bonds. The number of piperidine rings is 1. The van der Waals surface area contributed by atoms with Crippen molar-refractivity contribution in [2.24, 2.45) is 11.8 Å². The summed E-state index contributed by atoms with van der Waals surface area (Å²) < 4.78 is 5.81. The van der Waals surface area contributed by atoms with E-state index in [1.165, 1.54) is 0 Å². The Morgan fingerprint density at radius 3 is 2.88 bits per heavy atom. The van der Waals surface area contributed by atoms with E-state index in [9.17, 15) is 9.90 Å². The summed E-state index contributed by atoms with van der Waals surface area (Å²) in [5.74, 6) is 1.31. The van der Waals surface area contributed by atoms with Crippen LogP contribution in [0.3, 0.4) is 0 Å². The van der Waals surface area contributed by atoms with E-state index in [0.29, 0.717) is 30.0 Å². The van der Waals surface area contributed by atoms with E-state index in [1.807, 2.05) is 60.4 Å². The molecule has 1 aliphatic heterocycles. The molecule has 2 aliphatic rings. The predicted octanol–water partition coefficient (Wildman–Crippen LogP) is 5.08. The first-order valence-electron chi connectivity index (χ1n) is 11.4. The van der Waals surface area contributed by atoms with Gasteiger partial charge in [0.1, 0.15) is 11.3 Å². The average Bonchev–Trinajstić information content (AvgIpc) is 3.30. The minimum absolute atomic E-state index is 0.0357. The summed E-state index contributed by atoms with van der Waals surface area (Å²) in [6.07, 6.45) is 1.16. The fraction of sp³-hybridized carbons (Fsp3) is 0.259. The average molecular weight is 440 g/mol. The van der Waals surface area contributed by atoms with Crippen molar-refractivity contribution < 1.29 is 14.3 Å². The third-order valence-electron chi connectivity index (χ3n) is 6.88. The van der Waals surface area contributed by atoms with Crippen LogP contribution in [-0.2, 0) is 0 Å². The number of nitrogens with zero attached hydrogens (tertiary/aromatic N) is 2. The van der Waals surface area contributed by atoms with Crippen molar-refractivity contribution in [3.05, 3.63) is 77.9 Å². The number of hydrogen-bond acceptors (Lipinski definition) is 5. The molecule has 1 aromatic heterocycles. The Morgan fingerprint density at radius 2 is 2.03 bits per heavy atom. The zero-order valence-electron chi connectivity index (χ0n) is 18.4. The summed E-state index contributed by atoms with van der Waals surface area (Å²) in [5, 5.41) is 13.3. The molecular weight excluding hydrogens is 414 g/mol. The van der Waals surface area contributed by atoms with Gasteiger partial charge in [-0.25, -0.2) is 0 Å². The number of hydrogen-bond donors (Lipinski definition) is 2. The number of amides is 1. The number of likely N-dealkylation sites (tertiary alicyclic amines) is 1. The van der Waals surface area contributed by atoms with Crippen molar-refractivity contribution in [3.8, 4) is 16.9 Å². The number of benzene rings is 3. The number of oxazole rings is 1. The first-order valence-corrected chi connectivity index (χ1v) is 11.4. The lowest BCUT2D eigenvalue weighted by molar-refractivity contribution is 0.0715. The van der Waals surface area contributed by atoms with Gasteiger partial charge in [0.05, 0.1) is 6.04 Å². The normalized spacial score (nSPS) is 21.2. The van der Waals surface area contributed by atoms with Gasteiger partial charge in [0, 0.05) is 18.7 Å². The van der Waals surface area contributed by atoms with Gasteiger partial charge in [-0.1, -0.05) is 42.0 Å². The number of rotatable bonds is 5. The van der Waals surface area contributed by atoms with Gasteiger partial charge in [0.2, 0.25) is 0 Å². The maximum absolute atomic E-state index is 13.8. The first-order chi connectivity index (χ1) is 16.1. The molecule has 4 aromatic rings. The Labute approximate surface area is 191 Å². The molecular formula is C27H25N3O3. The van der Waals surface area contributed by atoms with Crippen LogP contribution in [0, 0.1) is 18.8 Å². The van der Waals surface area contributed by atoms with E-state index in [2.05, 4.69) is 10.3 Å². The summed E-state index contributed by atoms with van der Waals surface area (Å²) in [6, 6.07) is 21.3. The highest BCUT2D eigenvalue weighted by molar-refractivity contribution is 6.01. The smallest absolute Gasteiger partial charge is 0.295 e. The Kier molecular flexibility index (Phi) is 4.61. The molecule has 6 nitrogen and oxygen atoms in total. The number of anilines is 1. The van der Waals surface area contributed by atoms with Crippen LogP contribution in [0.2, 0.25) is 0 Å². The molecule has 1 saturated carbocycles. The lowest BCUT2D eigenvalue weighted by atomic mass is 9.96. The molecule has 6 rings (SSSR count). The number of nitrogens with one attached hydrogen (secondary N) is 1. The Bertz CT molecular complexity index is 1330. The van der Waals surface area contributed by atoms with Crippen LogP contribution in [0.15, 0.2) is 71.1 Å². The Morgan fingerprint density at radius 1 is 1.15 bits per heavy atom. The highest BCUT2D eigenvalue weighted by Gasteiger charge is 2.54. The van der Waals surface area contributed by atoms with Gasteiger partial charge in [-0.05, 0) is 66.6 Å². The topological polar surface area (TPSA) is 78.6 Å². The van der Waals surface area contributed by atoms with Crippen molar-refractivity contribution in [2.75, 3.05) is 18.4 Å². The second-order valence-corrected chi connectivity index (χ2v) is 9.15. The van der Waals surface area contributed by atoms with Crippen molar-refractivity contribution in [1.29, 1.82) is 0 Å². The number of carbonyl (C=O) groups is 1. The van der Waals surface area contributed by atoms with Gasteiger partial charge in [0.15, 0.2) is 5.58 Å². The minimum atomic E-state index is 0.0357. The fourth-order valence-corrected chi connectivity index (χ4v) is 5.12. The summed E-state index contributed by atoms with van der Waals surface area (Å²) in [5.41, 5.74) is 4.96. The van der Waals surface area contributed by atoms with E-state index < -0.39 is 0 Å². The highest BCUT2D eigenvalue weighted by Crippen LogP contribution is 2.50. The van der Waals surface area contributed by atoms with Gasteiger partial charge in [-0.2, -0.15) is 4.98 Å². The molecule has 0 bridgehead atoms. The number of para-hydroxylation sites is 2. The van der Waals surface area contributed by atoms with Crippen molar-refractivity contribution in [3.63, 3.8) is 0 Å². The van der Waals surface area contributed by atoms with Crippen LogP contribution in [0.5, 0.6) is 5.75 Å². The fourth-order valence-electron chi connectivity index (χ4n) is 5.12. The Hall–Kier alpha value is -3.80. The van der Waals surface area contributed by atoms with E-state index in [-0.39, 0.29) is 17.7 Å². The first kappa shape index (κ1) is 19.9. The summed E-state index contributed by atoms with van der Waals surface area (Å²) in [7, 11) is 0. The zero-order chi connectivity index (χ0) is 22.5. The van der Waals surface area contributed by atoms with Crippen LogP contribution in [0.4, 0.5) is 6.01 Å². The number of phenolic OH excluding ortho intramolecular Hbond substituents is 1. The molecule has 6 heteroatoms. The molecule has 2 heterocycles. The maximum Gasteiger partial charge on any atom is 0.295 e. The van der Waals surface area contributed by atoms with E-state index in [1.54, 1.807) is 18.2 Å². The molecule has 33 heavy (non-hydrogen) atoms. The Balaban J connectivity index is 1.27. The molecule has 3 aromatic carbocycles. The number of aromatic hydroxyl groups is 1. The lowest BCUT2D eigenvalue weighted by Crippen LogP contribution is -2.42. The van der Waals surface area contributed by atoms with Gasteiger partial charge < -0.3 is 19.7 Å². The molecule has 166 valence electrons. The third kappa shape index (κ3) is 3.61. The molecule has 3 unspecified atom stereocenters. The predicted molar refractivity (Wildman–Crippen MR) is 127 cm³/mol. The summed E-state index contributed by atoms with van der Waals surface area (Å²) >= 11 is 0. The lowest BCUT2D eigenvalue weighted by Gasteiger charge is -2.28. The third-order valence-corrected chi connectivity index (χ3v) is 6.88. The molecule has 2 fully saturated rings. The van der Waals surface area contributed by atoms with Crippen molar-refractivity contribution in [1.82, 2.24) is 9.88 Å². The minimum Gasteiger partial charge on any atom is -0.508 e. The zero-order valence-corrected chi connectivity index (χ0v) is 18.4. The molecule has 1 saturated heterocycles. The molecule has 0 spiro atoms. The van der Waals surface area contributed by atoms with Crippen LogP contribution in [0.25, 0.3) is 22.2 Å². The van der Waals surface area contributed by atoms with Crippen LogP contribution < -0.4 is 5.32 Å². The number of phenols is 1. The largest absolute Gasteiger partial charge is 0.508 e. The molecule has 0 radical (unpaired) electrons. The van der Waals surface area contributed by atoms with Crippen molar-refractivity contribution in [2.45, 2.75) is 19.4 Å². The summed E-state index contributed by atoms with van der Waals surface area (Å²) in [4.78, 5) is 20.3. The monoisotopic (exact) mass is 439 g/mol. The molecule has 1 aliphatic carbocycles. The van der Waals surface area contributed by atoms with Crippen LogP contribution in [-0.4, -0.2) is 40.0 Å².